The van der Waals surface area contributed by atoms with Gasteiger partial charge in [0.15, 0.2) is 0 Å². The van der Waals surface area contributed by atoms with Crippen LogP contribution in [0.4, 0.5) is 0 Å². The van der Waals surface area contributed by atoms with Crippen molar-refractivity contribution in [1.82, 2.24) is 0 Å². The molecular weight excluding hydrogens is 390 g/mol. The Balaban J connectivity index is 1.39. The van der Waals surface area contributed by atoms with E-state index in [1.165, 1.54) is 32.1 Å². The van der Waals surface area contributed by atoms with Gasteiger partial charge in [-0.15, -0.1) is 0 Å². The van der Waals surface area contributed by atoms with E-state index in [1.807, 2.05) is 0 Å². The van der Waals surface area contributed by atoms with Crippen molar-refractivity contribution in [2.75, 3.05) is 0 Å². The van der Waals surface area contributed by atoms with E-state index in [9.17, 15) is 14.4 Å². The zero-order chi connectivity index (χ0) is 22.4. The largest absolute Gasteiger partial charge is 0.462 e. The van der Waals surface area contributed by atoms with Crippen molar-refractivity contribution in [2.24, 2.45) is 46.2 Å². The molecule has 4 fully saturated rings. The van der Waals surface area contributed by atoms with Gasteiger partial charge in [-0.25, -0.2) is 0 Å². The average Bonchev–Trinajstić information content (AvgIpc) is 3.09. The maximum absolute atomic E-state index is 12.3. The number of ketones is 1. The Bertz CT molecular complexity index is 722. The summed E-state index contributed by atoms with van der Waals surface area (Å²) < 4.78 is 5.79. The van der Waals surface area contributed by atoms with Gasteiger partial charge >= 0.3 is 5.97 Å². The number of esters is 1. The minimum absolute atomic E-state index is 0.0111. The Hall–Kier alpha value is -1.23. The third-order valence-corrected chi connectivity index (χ3v) is 10.3. The van der Waals surface area contributed by atoms with Gasteiger partial charge in [-0.1, -0.05) is 13.8 Å². The number of Topliss-reactive ketones (excluding diaryl/α,β-unsaturated/α-hetero) is 1. The van der Waals surface area contributed by atoms with Crippen molar-refractivity contribution < 1.29 is 19.1 Å². The first kappa shape index (κ1) is 22.9. The summed E-state index contributed by atoms with van der Waals surface area (Å²) in [6, 6.07) is -0.576. The number of hydrogen-bond acceptors (Lipinski definition) is 5. The first-order chi connectivity index (χ1) is 14.7. The summed E-state index contributed by atoms with van der Waals surface area (Å²) in [6.07, 6.45) is 11.6. The van der Waals surface area contributed by atoms with Crippen LogP contribution in [0.5, 0.6) is 0 Å². The fourth-order valence-electron chi connectivity index (χ4n) is 8.59. The summed E-state index contributed by atoms with van der Waals surface area (Å²) in [6.45, 7) is 6.72. The maximum atomic E-state index is 12.3. The summed E-state index contributed by atoms with van der Waals surface area (Å²) in [5, 5.41) is 0. The second kappa shape index (κ2) is 8.61. The number of hydrogen-bond donors (Lipinski definition) is 1. The number of aldehydes is 1. The lowest BCUT2D eigenvalue weighted by Gasteiger charge is -2.61. The van der Waals surface area contributed by atoms with Crippen molar-refractivity contribution in [3.05, 3.63) is 0 Å². The summed E-state index contributed by atoms with van der Waals surface area (Å²) in [7, 11) is 0. The smallest absolute Gasteiger partial charge is 0.306 e. The normalized spacial score (nSPS) is 45.0. The maximum Gasteiger partial charge on any atom is 0.306 e. The Labute approximate surface area is 187 Å². The van der Waals surface area contributed by atoms with Crippen LogP contribution < -0.4 is 5.73 Å². The number of carbonyl (C=O) groups is 3. The molecule has 0 bridgehead atoms. The predicted octanol–water partition coefficient (Wildman–Crippen LogP) is 4.45. The van der Waals surface area contributed by atoms with E-state index in [0.717, 1.165) is 37.5 Å². The van der Waals surface area contributed by atoms with E-state index in [2.05, 4.69) is 13.8 Å². The van der Waals surface area contributed by atoms with Crippen molar-refractivity contribution in [1.29, 1.82) is 0 Å². The van der Waals surface area contributed by atoms with Crippen LogP contribution in [0.25, 0.3) is 0 Å². The number of fused-ring (bicyclic) bond motifs is 5. The van der Waals surface area contributed by atoms with Crippen LogP contribution in [0, 0.1) is 40.4 Å². The molecule has 0 spiro atoms. The number of carbonyl (C=O) groups excluding carboxylic acids is 3. The molecule has 4 saturated carbocycles. The SMILES string of the molecule is CC(=O)[C@H]1CCC2C3CCC4CC(OC(=O)CC[C@H](N)C=O)CC[C@]4(C)C3CC[C@@]21C. The van der Waals surface area contributed by atoms with Gasteiger partial charge in [0.05, 0.1) is 6.04 Å². The van der Waals surface area contributed by atoms with Crippen molar-refractivity contribution >= 4 is 18.0 Å². The molecule has 4 rings (SSSR count). The molecule has 0 heterocycles. The average molecular weight is 432 g/mol. The molecule has 0 saturated heterocycles. The summed E-state index contributed by atoms with van der Waals surface area (Å²) in [5.41, 5.74) is 6.15. The van der Waals surface area contributed by atoms with Crippen LogP contribution >= 0.6 is 0 Å². The molecule has 9 atom stereocenters. The van der Waals surface area contributed by atoms with Gasteiger partial charge < -0.3 is 15.3 Å². The highest BCUT2D eigenvalue weighted by Crippen LogP contribution is 2.67. The van der Waals surface area contributed by atoms with E-state index in [4.69, 9.17) is 10.5 Å². The summed E-state index contributed by atoms with van der Waals surface area (Å²) in [4.78, 5) is 35.2. The molecule has 4 aliphatic carbocycles. The molecule has 0 aromatic rings. The van der Waals surface area contributed by atoms with E-state index in [-0.39, 0.29) is 29.8 Å². The predicted molar refractivity (Wildman–Crippen MR) is 119 cm³/mol. The van der Waals surface area contributed by atoms with Gasteiger partial charge in [-0.3, -0.25) is 9.59 Å². The second-order valence-electron chi connectivity index (χ2n) is 11.7. The lowest BCUT2D eigenvalue weighted by molar-refractivity contribution is -0.163. The standard InChI is InChI=1S/C26H41NO4/c1-16(29)21-7-8-22-20-6-4-17-14-19(31-24(30)9-5-18(27)15-28)10-12-25(17,2)23(20)11-13-26(21,22)3/h15,17-23H,4-14,27H2,1-3H3/t17?,18-,19?,20?,21+,22?,23?,25-,26+/m0/s1. The van der Waals surface area contributed by atoms with Crippen molar-refractivity contribution in [3.8, 4) is 0 Å². The van der Waals surface area contributed by atoms with Crippen LogP contribution in [0.3, 0.4) is 0 Å². The zero-order valence-electron chi connectivity index (χ0n) is 19.6. The highest BCUT2D eigenvalue weighted by atomic mass is 16.5. The second-order valence-corrected chi connectivity index (χ2v) is 11.7. The first-order valence-corrected chi connectivity index (χ1v) is 12.6. The third-order valence-electron chi connectivity index (χ3n) is 10.3. The van der Waals surface area contributed by atoms with Gasteiger partial charge in [0.2, 0.25) is 0 Å². The van der Waals surface area contributed by atoms with Crippen LogP contribution in [-0.4, -0.2) is 30.2 Å². The highest BCUT2D eigenvalue weighted by molar-refractivity contribution is 5.79. The van der Waals surface area contributed by atoms with Gasteiger partial charge in [-0.05, 0) is 106 Å². The van der Waals surface area contributed by atoms with Crippen LogP contribution in [0.1, 0.15) is 91.4 Å². The van der Waals surface area contributed by atoms with E-state index >= 15 is 0 Å². The molecule has 2 N–H and O–H groups in total. The highest BCUT2D eigenvalue weighted by Gasteiger charge is 2.60. The molecule has 0 aromatic carbocycles. The van der Waals surface area contributed by atoms with Crippen molar-refractivity contribution in [2.45, 2.75) is 104 Å². The zero-order valence-corrected chi connectivity index (χ0v) is 19.6. The first-order valence-electron chi connectivity index (χ1n) is 12.6. The van der Waals surface area contributed by atoms with Crippen LogP contribution in [0.2, 0.25) is 0 Å². The Morgan fingerprint density at radius 1 is 1.03 bits per heavy atom. The minimum atomic E-state index is -0.576. The Morgan fingerprint density at radius 2 is 1.74 bits per heavy atom. The lowest BCUT2D eigenvalue weighted by Crippen LogP contribution is -2.54. The fraction of sp³-hybridized carbons (Fsp3) is 0.885. The molecule has 5 nitrogen and oxygen atoms in total. The van der Waals surface area contributed by atoms with E-state index in [0.29, 0.717) is 35.7 Å². The molecule has 0 amide bonds. The fourth-order valence-corrected chi connectivity index (χ4v) is 8.59. The Kier molecular flexibility index (Phi) is 6.37. The third kappa shape index (κ3) is 4.00. The molecule has 0 aromatic heterocycles. The molecular formula is C26H41NO4. The lowest BCUT2D eigenvalue weighted by atomic mass is 9.44. The van der Waals surface area contributed by atoms with Gasteiger partial charge in [0, 0.05) is 12.3 Å². The number of rotatable bonds is 6. The quantitative estimate of drug-likeness (QED) is 0.496. The number of ether oxygens (including phenoxy) is 1. The molecule has 174 valence electrons. The van der Waals surface area contributed by atoms with E-state index in [1.54, 1.807) is 6.92 Å². The Morgan fingerprint density at radius 3 is 2.45 bits per heavy atom. The van der Waals surface area contributed by atoms with Gasteiger partial charge in [0.1, 0.15) is 18.2 Å². The van der Waals surface area contributed by atoms with Crippen LogP contribution in [-0.2, 0) is 19.1 Å². The molecule has 0 radical (unpaired) electrons. The van der Waals surface area contributed by atoms with Crippen LogP contribution in [0.15, 0.2) is 0 Å². The molecule has 4 aliphatic rings. The summed E-state index contributed by atoms with van der Waals surface area (Å²) in [5.74, 6) is 3.29. The molecule has 5 unspecified atom stereocenters. The van der Waals surface area contributed by atoms with E-state index < -0.39 is 6.04 Å². The van der Waals surface area contributed by atoms with Gasteiger partial charge in [0.25, 0.3) is 0 Å². The topological polar surface area (TPSA) is 86.5 Å². The van der Waals surface area contributed by atoms with Gasteiger partial charge in [-0.2, -0.15) is 0 Å². The minimum Gasteiger partial charge on any atom is -0.462 e. The monoisotopic (exact) mass is 431 g/mol. The molecule has 31 heavy (non-hydrogen) atoms. The van der Waals surface area contributed by atoms with Crippen molar-refractivity contribution in [3.63, 3.8) is 0 Å². The molecule has 5 heteroatoms. The molecule has 0 aliphatic heterocycles. The number of nitrogens with two attached hydrogens (primary N) is 1. The summed E-state index contributed by atoms with van der Waals surface area (Å²) >= 11 is 0.